The number of nitrogens with one attached hydrogen (secondary N) is 1. The van der Waals surface area contributed by atoms with Crippen LogP contribution in [-0.2, 0) is 6.54 Å². The number of carbonyl (C=O) groups excluding carboxylic acids is 1. The zero-order valence-corrected chi connectivity index (χ0v) is 11.6. The summed E-state index contributed by atoms with van der Waals surface area (Å²) in [7, 11) is 0. The van der Waals surface area contributed by atoms with E-state index in [1.807, 2.05) is 18.2 Å². The first-order chi connectivity index (χ1) is 9.65. The molecular weight excluding hydrogens is 276 g/mol. The van der Waals surface area contributed by atoms with Crippen LogP contribution in [0.1, 0.15) is 28.8 Å². The molecule has 3 rings (SSSR count). The van der Waals surface area contributed by atoms with Crippen LogP contribution >= 0.6 is 11.6 Å². The third-order valence-corrected chi connectivity index (χ3v) is 3.71. The molecule has 1 saturated carbocycles. The molecule has 5 nitrogen and oxygen atoms in total. The molecule has 1 aliphatic rings. The quantitative estimate of drug-likeness (QED) is 0.883. The SMILES string of the molecule is NC(=O)c1cnn(-c2cccc(Cl)c2CNC2CC2)c1. The molecule has 20 heavy (non-hydrogen) atoms. The first-order valence-electron chi connectivity index (χ1n) is 6.51. The highest BCUT2D eigenvalue weighted by Gasteiger charge is 2.21. The van der Waals surface area contributed by atoms with Crippen molar-refractivity contribution < 1.29 is 4.79 Å². The summed E-state index contributed by atoms with van der Waals surface area (Å²) in [5, 5.41) is 8.30. The smallest absolute Gasteiger partial charge is 0.251 e. The number of halogens is 1. The summed E-state index contributed by atoms with van der Waals surface area (Å²) in [5.41, 5.74) is 7.46. The van der Waals surface area contributed by atoms with Crippen LogP contribution in [0.3, 0.4) is 0 Å². The second-order valence-electron chi connectivity index (χ2n) is 4.93. The number of primary amides is 1. The molecule has 6 heteroatoms. The molecule has 2 aromatic rings. The number of rotatable bonds is 5. The molecule has 3 N–H and O–H groups in total. The van der Waals surface area contributed by atoms with Gasteiger partial charge in [0.1, 0.15) is 0 Å². The van der Waals surface area contributed by atoms with Crippen LogP contribution in [0.4, 0.5) is 0 Å². The fourth-order valence-electron chi connectivity index (χ4n) is 2.05. The van der Waals surface area contributed by atoms with E-state index in [9.17, 15) is 4.79 Å². The van der Waals surface area contributed by atoms with Crippen molar-refractivity contribution in [2.24, 2.45) is 5.73 Å². The van der Waals surface area contributed by atoms with Gasteiger partial charge in [0.15, 0.2) is 0 Å². The Labute approximate surface area is 121 Å². The maximum atomic E-state index is 11.2. The van der Waals surface area contributed by atoms with Crippen LogP contribution in [-0.4, -0.2) is 21.7 Å². The van der Waals surface area contributed by atoms with Crippen molar-refractivity contribution in [2.75, 3.05) is 0 Å². The van der Waals surface area contributed by atoms with Crippen LogP contribution in [0.15, 0.2) is 30.6 Å². The molecule has 1 fully saturated rings. The van der Waals surface area contributed by atoms with Gasteiger partial charge in [-0.25, -0.2) is 4.68 Å². The summed E-state index contributed by atoms with van der Waals surface area (Å²) >= 11 is 6.28. The van der Waals surface area contributed by atoms with E-state index < -0.39 is 5.91 Å². The summed E-state index contributed by atoms with van der Waals surface area (Å²) in [6.45, 7) is 0.686. The van der Waals surface area contributed by atoms with E-state index in [4.69, 9.17) is 17.3 Å². The number of hydrogen-bond donors (Lipinski definition) is 2. The fraction of sp³-hybridized carbons (Fsp3) is 0.286. The molecule has 0 bridgehead atoms. The number of nitrogens with zero attached hydrogens (tertiary/aromatic N) is 2. The summed E-state index contributed by atoms with van der Waals surface area (Å²) in [5.74, 6) is -0.490. The van der Waals surface area contributed by atoms with Gasteiger partial charge >= 0.3 is 0 Å². The lowest BCUT2D eigenvalue weighted by Crippen LogP contribution is -2.17. The zero-order valence-electron chi connectivity index (χ0n) is 10.8. The molecular formula is C14H15ClN4O. The van der Waals surface area contributed by atoms with Crippen LogP contribution in [0, 0.1) is 0 Å². The van der Waals surface area contributed by atoms with Crippen molar-refractivity contribution in [1.82, 2.24) is 15.1 Å². The molecule has 0 saturated heterocycles. The molecule has 1 aromatic carbocycles. The maximum Gasteiger partial charge on any atom is 0.251 e. The summed E-state index contributed by atoms with van der Waals surface area (Å²) in [4.78, 5) is 11.2. The van der Waals surface area contributed by atoms with Crippen molar-refractivity contribution in [2.45, 2.75) is 25.4 Å². The number of carbonyl (C=O) groups is 1. The molecule has 0 spiro atoms. The van der Waals surface area contributed by atoms with Gasteiger partial charge in [0.25, 0.3) is 5.91 Å². The molecule has 1 aromatic heterocycles. The van der Waals surface area contributed by atoms with Gasteiger partial charge in [0, 0.05) is 29.4 Å². The van der Waals surface area contributed by atoms with Gasteiger partial charge < -0.3 is 11.1 Å². The van der Waals surface area contributed by atoms with Gasteiger partial charge in [-0.2, -0.15) is 5.10 Å². The van der Waals surface area contributed by atoms with Crippen LogP contribution in [0.2, 0.25) is 5.02 Å². The van der Waals surface area contributed by atoms with E-state index in [0.717, 1.165) is 11.3 Å². The zero-order chi connectivity index (χ0) is 14.1. The molecule has 0 unspecified atom stereocenters. The fourth-order valence-corrected chi connectivity index (χ4v) is 2.29. The number of amides is 1. The Balaban J connectivity index is 1.93. The Morgan fingerprint density at radius 1 is 1.50 bits per heavy atom. The normalized spacial score (nSPS) is 14.4. The van der Waals surface area contributed by atoms with Gasteiger partial charge in [-0.15, -0.1) is 0 Å². The van der Waals surface area contributed by atoms with Crippen molar-refractivity contribution in [3.05, 3.63) is 46.7 Å². The van der Waals surface area contributed by atoms with Crippen molar-refractivity contribution in [3.8, 4) is 5.69 Å². The van der Waals surface area contributed by atoms with Gasteiger partial charge in [-0.1, -0.05) is 17.7 Å². The molecule has 1 amide bonds. The topological polar surface area (TPSA) is 72.9 Å². The standard InChI is InChI=1S/C14H15ClN4O/c15-12-2-1-3-13(11(12)7-17-10-4-5-10)19-8-9(6-18-19)14(16)20/h1-3,6,8,10,17H,4-5,7H2,(H2,16,20). The number of benzene rings is 1. The van der Waals surface area contributed by atoms with Gasteiger partial charge in [0.2, 0.25) is 0 Å². The lowest BCUT2D eigenvalue weighted by Gasteiger charge is -2.12. The highest BCUT2D eigenvalue weighted by molar-refractivity contribution is 6.31. The van der Waals surface area contributed by atoms with Crippen LogP contribution < -0.4 is 11.1 Å². The minimum absolute atomic E-state index is 0.381. The Morgan fingerprint density at radius 3 is 2.95 bits per heavy atom. The molecule has 104 valence electrons. The molecule has 1 heterocycles. The Morgan fingerprint density at radius 2 is 2.30 bits per heavy atom. The predicted molar refractivity (Wildman–Crippen MR) is 77.0 cm³/mol. The Kier molecular flexibility index (Phi) is 3.46. The van der Waals surface area contributed by atoms with Gasteiger partial charge in [-0.3, -0.25) is 4.79 Å². The molecule has 0 atom stereocenters. The van der Waals surface area contributed by atoms with E-state index in [1.165, 1.54) is 19.0 Å². The van der Waals surface area contributed by atoms with Gasteiger partial charge in [0.05, 0.1) is 17.4 Å². The Hall–Kier alpha value is -1.85. The van der Waals surface area contributed by atoms with E-state index >= 15 is 0 Å². The van der Waals surface area contributed by atoms with E-state index in [1.54, 1.807) is 10.9 Å². The largest absolute Gasteiger partial charge is 0.366 e. The average Bonchev–Trinajstić information content (AvgIpc) is 3.11. The highest BCUT2D eigenvalue weighted by atomic mass is 35.5. The monoisotopic (exact) mass is 290 g/mol. The number of hydrogen-bond acceptors (Lipinski definition) is 3. The minimum Gasteiger partial charge on any atom is -0.366 e. The van der Waals surface area contributed by atoms with Crippen molar-refractivity contribution in [1.29, 1.82) is 0 Å². The second-order valence-corrected chi connectivity index (χ2v) is 5.34. The van der Waals surface area contributed by atoms with E-state index in [-0.39, 0.29) is 0 Å². The third kappa shape index (κ3) is 2.69. The van der Waals surface area contributed by atoms with Crippen LogP contribution in [0.25, 0.3) is 5.69 Å². The van der Waals surface area contributed by atoms with Crippen molar-refractivity contribution >= 4 is 17.5 Å². The first-order valence-corrected chi connectivity index (χ1v) is 6.88. The predicted octanol–water partition coefficient (Wildman–Crippen LogP) is 1.88. The lowest BCUT2D eigenvalue weighted by atomic mass is 10.1. The summed E-state index contributed by atoms with van der Waals surface area (Å²) in [6, 6.07) is 6.24. The highest BCUT2D eigenvalue weighted by Crippen LogP contribution is 2.25. The molecule has 0 aliphatic heterocycles. The number of aromatic nitrogens is 2. The molecule has 1 aliphatic carbocycles. The number of nitrogens with two attached hydrogens (primary N) is 1. The minimum atomic E-state index is -0.490. The maximum absolute atomic E-state index is 11.2. The van der Waals surface area contributed by atoms with Crippen molar-refractivity contribution in [3.63, 3.8) is 0 Å². The average molecular weight is 291 g/mol. The third-order valence-electron chi connectivity index (χ3n) is 3.35. The van der Waals surface area contributed by atoms with Gasteiger partial charge in [-0.05, 0) is 25.0 Å². The Bertz CT molecular complexity index is 648. The summed E-state index contributed by atoms with van der Waals surface area (Å²) in [6.07, 6.45) is 5.51. The second kappa shape index (κ2) is 5.26. The van der Waals surface area contributed by atoms with Crippen LogP contribution in [0.5, 0.6) is 0 Å². The first kappa shape index (κ1) is 13.1. The summed E-state index contributed by atoms with van der Waals surface area (Å²) < 4.78 is 1.63. The van der Waals surface area contributed by atoms with E-state index in [2.05, 4.69) is 10.4 Å². The molecule has 0 radical (unpaired) electrons. The lowest BCUT2D eigenvalue weighted by molar-refractivity contribution is 0.100. The van der Waals surface area contributed by atoms with E-state index in [0.29, 0.717) is 23.2 Å².